The van der Waals surface area contributed by atoms with Crippen LogP contribution in [0.1, 0.15) is 58.3 Å². The first-order valence-electron chi connectivity index (χ1n) is 7.84. The minimum absolute atomic E-state index is 0.628. The molecule has 2 N–H and O–H groups in total. The molecule has 1 aromatic rings. The van der Waals surface area contributed by atoms with Gasteiger partial charge in [0.25, 0.3) is 0 Å². The Balaban J connectivity index is 1.89. The molecule has 2 rings (SSSR count). The summed E-state index contributed by atoms with van der Waals surface area (Å²) in [7, 11) is 0. The molecular formula is C16H27N3. The van der Waals surface area contributed by atoms with Gasteiger partial charge in [-0.2, -0.15) is 0 Å². The van der Waals surface area contributed by atoms with Crippen LogP contribution >= 0.6 is 0 Å². The van der Waals surface area contributed by atoms with Crippen molar-refractivity contribution in [3.05, 3.63) is 18.5 Å². The summed E-state index contributed by atoms with van der Waals surface area (Å²) in [6.07, 6.45) is 14.5. The lowest BCUT2D eigenvalue weighted by atomic mass is 9.96. The predicted octanol–water partition coefficient (Wildman–Crippen LogP) is 4.43. The van der Waals surface area contributed by atoms with Crippen molar-refractivity contribution in [3.8, 4) is 0 Å². The molecule has 1 aromatic heterocycles. The van der Waals surface area contributed by atoms with E-state index in [0.29, 0.717) is 6.04 Å². The summed E-state index contributed by atoms with van der Waals surface area (Å²) in [6, 6.07) is 2.81. The molecule has 1 saturated carbocycles. The van der Waals surface area contributed by atoms with Crippen LogP contribution in [-0.2, 0) is 0 Å². The summed E-state index contributed by atoms with van der Waals surface area (Å²) >= 11 is 0. The number of hydrogen-bond acceptors (Lipinski definition) is 3. The van der Waals surface area contributed by atoms with Gasteiger partial charge < -0.3 is 10.6 Å². The minimum atomic E-state index is 0.628. The van der Waals surface area contributed by atoms with Gasteiger partial charge in [-0.1, -0.05) is 39.0 Å². The van der Waals surface area contributed by atoms with Crippen LogP contribution in [-0.4, -0.2) is 17.6 Å². The van der Waals surface area contributed by atoms with E-state index in [1.54, 1.807) is 0 Å². The number of nitrogens with one attached hydrogen (secondary N) is 2. The minimum Gasteiger partial charge on any atom is -0.384 e. The van der Waals surface area contributed by atoms with Crippen molar-refractivity contribution in [3.63, 3.8) is 0 Å². The first kappa shape index (κ1) is 14.2. The molecule has 0 atom stereocenters. The molecule has 0 unspecified atom stereocenters. The van der Waals surface area contributed by atoms with Gasteiger partial charge in [-0.3, -0.25) is 4.98 Å². The Hall–Kier alpha value is -1.25. The Morgan fingerprint density at radius 1 is 1.05 bits per heavy atom. The average molecular weight is 261 g/mol. The number of aromatic nitrogens is 1. The van der Waals surface area contributed by atoms with Crippen LogP contribution in [0.5, 0.6) is 0 Å². The van der Waals surface area contributed by atoms with E-state index in [9.17, 15) is 0 Å². The van der Waals surface area contributed by atoms with Crippen molar-refractivity contribution >= 4 is 11.4 Å². The van der Waals surface area contributed by atoms with Crippen molar-refractivity contribution in [1.82, 2.24) is 4.98 Å². The smallest absolute Gasteiger partial charge is 0.0549 e. The summed E-state index contributed by atoms with van der Waals surface area (Å²) in [4.78, 5) is 4.32. The molecule has 0 spiro atoms. The Morgan fingerprint density at radius 2 is 1.74 bits per heavy atom. The monoisotopic (exact) mass is 261 g/mol. The van der Waals surface area contributed by atoms with E-state index >= 15 is 0 Å². The topological polar surface area (TPSA) is 37.0 Å². The summed E-state index contributed by atoms with van der Waals surface area (Å²) < 4.78 is 0. The quantitative estimate of drug-likeness (QED) is 0.823. The maximum Gasteiger partial charge on any atom is 0.0549 e. The third-order valence-electron chi connectivity index (χ3n) is 3.79. The fourth-order valence-electron chi connectivity index (χ4n) is 2.72. The van der Waals surface area contributed by atoms with E-state index in [-0.39, 0.29) is 0 Å². The van der Waals surface area contributed by atoms with Crippen LogP contribution in [0.2, 0.25) is 0 Å². The first-order chi connectivity index (χ1) is 9.38. The molecule has 0 aliphatic heterocycles. The van der Waals surface area contributed by atoms with Crippen LogP contribution in [0.4, 0.5) is 11.4 Å². The lowest BCUT2D eigenvalue weighted by Gasteiger charge is -2.22. The summed E-state index contributed by atoms with van der Waals surface area (Å²) in [5, 5.41) is 7.05. The second-order valence-electron chi connectivity index (χ2n) is 5.58. The van der Waals surface area contributed by atoms with Crippen LogP contribution in [0, 0.1) is 0 Å². The Labute approximate surface area is 117 Å². The molecule has 0 amide bonds. The van der Waals surface area contributed by atoms with Crippen LogP contribution in [0.15, 0.2) is 18.5 Å². The molecular weight excluding hydrogens is 234 g/mol. The highest BCUT2D eigenvalue weighted by Crippen LogP contribution is 2.21. The molecule has 1 aliphatic rings. The molecule has 3 nitrogen and oxygen atoms in total. The van der Waals surface area contributed by atoms with E-state index in [1.807, 2.05) is 12.4 Å². The Bertz CT molecular complexity index is 357. The van der Waals surface area contributed by atoms with E-state index in [4.69, 9.17) is 0 Å². The van der Waals surface area contributed by atoms with Gasteiger partial charge in [-0.15, -0.1) is 0 Å². The highest BCUT2D eigenvalue weighted by atomic mass is 14.9. The zero-order valence-corrected chi connectivity index (χ0v) is 12.1. The third kappa shape index (κ3) is 5.09. The van der Waals surface area contributed by atoms with Crippen LogP contribution < -0.4 is 10.6 Å². The van der Waals surface area contributed by atoms with Crippen LogP contribution in [0.25, 0.3) is 0 Å². The van der Waals surface area contributed by atoms with E-state index in [0.717, 1.165) is 24.3 Å². The fourth-order valence-corrected chi connectivity index (χ4v) is 2.72. The van der Waals surface area contributed by atoms with Gasteiger partial charge >= 0.3 is 0 Å². The lowest BCUT2D eigenvalue weighted by molar-refractivity contribution is 0.471. The Kier molecular flexibility index (Phi) is 5.99. The maximum absolute atomic E-state index is 4.32. The zero-order valence-electron chi connectivity index (χ0n) is 12.1. The largest absolute Gasteiger partial charge is 0.384 e. The third-order valence-corrected chi connectivity index (χ3v) is 3.79. The molecule has 106 valence electrons. The van der Waals surface area contributed by atoms with Gasteiger partial charge in [0.05, 0.1) is 23.8 Å². The first-order valence-corrected chi connectivity index (χ1v) is 7.84. The summed E-state index contributed by atoms with van der Waals surface area (Å²) in [5.74, 6) is 0. The van der Waals surface area contributed by atoms with Gasteiger partial charge in [0.15, 0.2) is 0 Å². The molecule has 1 fully saturated rings. The van der Waals surface area contributed by atoms with Crippen molar-refractivity contribution in [2.45, 2.75) is 64.3 Å². The molecule has 0 bridgehead atoms. The highest BCUT2D eigenvalue weighted by Gasteiger charge is 2.11. The highest BCUT2D eigenvalue weighted by molar-refractivity contribution is 5.54. The van der Waals surface area contributed by atoms with Crippen molar-refractivity contribution < 1.29 is 0 Å². The van der Waals surface area contributed by atoms with Gasteiger partial charge in [-0.25, -0.2) is 0 Å². The molecule has 19 heavy (non-hydrogen) atoms. The van der Waals surface area contributed by atoms with Crippen molar-refractivity contribution in [2.75, 3.05) is 17.2 Å². The Morgan fingerprint density at radius 3 is 2.47 bits per heavy atom. The van der Waals surface area contributed by atoms with E-state index in [2.05, 4.69) is 28.6 Å². The fraction of sp³-hybridized carbons (Fsp3) is 0.688. The summed E-state index contributed by atoms with van der Waals surface area (Å²) in [6.45, 7) is 3.19. The van der Waals surface area contributed by atoms with E-state index in [1.165, 1.54) is 44.9 Å². The average Bonchev–Trinajstić information content (AvgIpc) is 2.40. The molecule has 1 heterocycles. The SMILES string of the molecule is CCCNc1cncc(NC2CCCCCCC2)c1. The molecule has 0 radical (unpaired) electrons. The lowest BCUT2D eigenvalue weighted by Crippen LogP contribution is -2.20. The molecule has 0 saturated heterocycles. The van der Waals surface area contributed by atoms with Gasteiger partial charge in [0.2, 0.25) is 0 Å². The number of hydrogen-bond donors (Lipinski definition) is 2. The molecule has 1 aliphatic carbocycles. The van der Waals surface area contributed by atoms with Gasteiger partial charge in [0.1, 0.15) is 0 Å². The van der Waals surface area contributed by atoms with Gasteiger partial charge in [0, 0.05) is 12.6 Å². The second kappa shape index (κ2) is 8.03. The number of nitrogens with zero attached hydrogens (tertiary/aromatic N) is 1. The molecule has 0 aromatic carbocycles. The number of anilines is 2. The number of rotatable bonds is 5. The summed E-state index contributed by atoms with van der Waals surface area (Å²) in [5.41, 5.74) is 2.28. The van der Waals surface area contributed by atoms with Crippen LogP contribution in [0.3, 0.4) is 0 Å². The maximum atomic E-state index is 4.32. The normalized spacial score (nSPS) is 17.5. The van der Waals surface area contributed by atoms with Crippen molar-refractivity contribution in [2.24, 2.45) is 0 Å². The zero-order chi connectivity index (χ0) is 13.3. The van der Waals surface area contributed by atoms with Crippen molar-refractivity contribution in [1.29, 1.82) is 0 Å². The number of pyridine rings is 1. The predicted molar refractivity (Wildman–Crippen MR) is 82.7 cm³/mol. The molecule has 3 heteroatoms. The standard InChI is InChI=1S/C16H27N3/c1-2-10-18-15-11-16(13-17-12-15)19-14-8-6-4-3-5-7-9-14/h11-14,18-19H,2-10H2,1H3. The van der Waals surface area contributed by atoms with E-state index < -0.39 is 0 Å². The second-order valence-corrected chi connectivity index (χ2v) is 5.58. The van der Waals surface area contributed by atoms with Gasteiger partial charge in [-0.05, 0) is 25.3 Å².